The lowest BCUT2D eigenvalue weighted by molar-refractivity contribution is -0.116. The quantitative estimate of drug-likeness (QED) is 0.795. The van der Waals surface area contributed by atoms with E-state index in [0.717, 1.165) is 10.4 Å². The van der Waals surface area contributed by atoms with Crippen LogP contribution in [0.1, 0.15) is 10.4 Å². The highest BCUT2D eigenvalue weighted by Crippen LogP contribution is 2.25. The second-order valence-electron chi connectivity index (χ2n) is 4.57. The minimum Gasteiger partial charge on any atom is -0.363 e. The van der Waals surface area contributed by atoms with E-state index in [1.807, 2.05) is 13.8 Å². The lowest BCUT2D eigenvalue weighted by Gasteiger charge is -2.05. The molecule has 0 aromatic carbocycles. The number of carbonyl (C=O) groups excluding carboxylic acids is 1. The van der Waals surface area contributed by atoms with E-state index in [1.54, 1.807) is 0 Å². The fraction of sp³-hybridized carbons (Fsp3) is 0.231. The van der Waals surface area contributed by atoms with Crippen molar-refractivity contribution in [1.29, 1.82) is 0 Å². The molecule has 0 fully saturated rings. The van der Waals surface area contributed by atoms with E-state index in [2.05, 4.69) is 20.0 Å². The van der Waals surface area contributed by atoms with Gasteiger partial charge in [0.05, 0.1) is 11.7 Å². The van der Waals surface area contributed by atoms with Crippen molar-refractivity contribution in [2.24, 2.45) is 0 Å². The van der Waals surface area contributed by atoms with Gasteiger partial charge in [-0.2, -0.15) is 0 Å². The molecule has 108 valence electrons. The van der Waals surface area contributed by atoms with Gasteiger partial charge in [0.1, 0.15) is 17.6 Å². The van der Waals surface area contributed by atoms with Gasteiger partial charge >= 0.3 is 0 Å². The predicted octanol–water partition coefficient (Wildman–Crippen LogP) is 1.70. The van der Waals surface area contributed by atoms with Gasteiger partial charge in [-0.1, -0.05) is 5.16 Å². The maximum Gasteiger partial charge on any atom is 0.262 e. The third kappa shape index (κ3) is 2.45. The van der Waals surface area contributed by atoms with E-state index >= 15 is 0 Å². The van der Waals surface area contributed by atoms with E-state index in [9.17, 15) is 9.59 Å². The molecular formula is C13H12N4O3S. The monoisotopic (exact) mass is 304 g/mol. The summed E-state index contributed by atoms with van der Waals surface area (Å²) in [5, 5.41) is 6.69. The van der Waals surface area contributed by atoms with Crippen LogP contribution in [0.5, 0.6) is 0 Å². The summed E-state index contributed by atoms with van der Waals surface area (Å²) in [6.07, 6.45) is 2.75. The average Bonchev–Trinajstić information content (AvgIpc) is 3.03. The van der Waals surface area contributed by atoms with Crippen LogP contribution in [0.25, 0.3) is 10.2 Å². The summed E-state index contributed by atoms with van der Waals surface area (Å²) in [4.78, 5) is 30.3. The third-order valence-corrected chi connectivity index (χ3v) is 4.29. The van der Waals surface area contributed by atoms with Crippen LogP contribution in [0, 0.1) is 13.8 Å². The van der Waals surface area contributed by atoms with Crippen molar-refractivity contribution in [1.82, 2.24) is 14.7 Å². The standard InChI is InChI=1S/C13H12N4O3S/c1-7-8(2)21-12-11(7)13(19)17(6-14-12)5-10(18)15-9-3-4-20-16-9/h3-4,6H,5H2,1-2H3,(H,15,16,18). The molecule has 3 heterocycles. The molecule has 1 amide bonds. The zero-order valence-corrected chi connectivity index (χ0v) is 12.2. The molecule has 7 nitrogen and oxygen atoms in total. The van der Waals surface area contributed by atoms with Gasteiger partial charge in [0.25, 0.3) is 5.56 Å². The fourth-order valence-electron chi connectivity index (χ4n) is 2.00. The molecule has 0 saturated heterocycles. The number of hydrogen-bond donors (Lipinski definition) is 1. The van der Waals surface area contributed by atoms with Crippen LogP contribution in [0.4, 0.5) is 5.82 Å². The van der Waals surface area contributed by atoms with Gasteiger partial charge < -0.3 is 9.84 Å². The van der Waals surface area contributed by atoms with Crippen molar-refractivity contribution in [3.63, 3.8) is 0 Å². The fourth-order valence-corrected chi connectivity index (χ4v) is 2.98. The van der Waals surface area contributed by atoms with Crippen LogP contribution in [-0.2, 0) is 11.3 Å². The van der Waals surface area contributed by atoms with Crippen molar-refractivity contribution in [3.8, 4) is 0 Å². The Morgan fingerprint density at radius 2 is 2.29 bits per heavy atom. The number of fused-ring (bicyclic) bond motifs is 1. The van der Waals surface area contributed by atoms with Crippen LogP contribution in [-0.4, -0.2) is 20.6 Å². The molecule has 0 spiro atoms. The van der Waals surface area contributed by atoms with Crippen molar-refractivity contribution in [2.45, 2.75) is 20.4 Å². The van der Waals surface area contributed by atoms with Crippen LogP contribution in [0.15, 0.2) is 28.0 Å². The van der Waals surface area contributed by atoms with E-state index in [4.69, 9.17) is 0 Å². The van der Waals surface area contributed by atoms with E-state index in [0.29, 0.717) is 16.0 Å². The Kier molecular flexibility index (Phi) is 3.30. The van der Waals surface area contributed by atoms with E-state index in [-0.39, 0.29) is 18.0 Å². The maximum atomic E-state index is 12.4. The van der Waals surface area contributed by atoms with Gasteiger partial charge in [0.2, 0.25) is 5.91 Å². The summed E-state index contributed by atoms with van der Waals surface area (Å²) in [7, 11) is 0. The lowest BCUT2D eigenvalue weighted by atomic mass is 10.2. The minimum atomic E-state index is -0.364. The Morgan fingerprint density at radius 1 is 1.48 bits per heavy atom. The first-order valence-electron chi connectivity index (χ1n) is 6.21. The molecule has 0 aliphatic rings. The second kappa shape index (κ2) is 5.13. The molecule has 3 aromatic rings. The molecule has 8 heteroatoms. The molecule has 3 aromatic heterocycles. The molecule has 0 atom stereocenters. The number of carbonyl (C=O) groups is 1. The molecule has 0 saturated carbocycles. The van der Waals surface area contributed by atoms with Crippen molar-refractivity contribution in [2.75, 3.05) is 5.32 Å². The van der Waals surface area contributed by atoms with E-state index < -0.39 is 0 Å². The molecule has 0 unspecified atom stereocenters. The van der Waals surface area contributed by atoms with Gasteiger partial charge in [-0.05, 0) is 19.4 Å². The topological polar surface area (TPSA) is 90.0 Å². The highest BCUT2D eigenvalue weighted by Gasteiger charge is 2.14. The molecule has 3 rings (SSSR count). The third-order valence-electron chi connectivity index (χ3n) is 3.18. The number of rotatable bonds is 3. The molecule has 1 N–H and O–H groups in total. The normalized spacial score (nSPS) is 11.0. The molecule has 0 radical (unpaired) electrons. The number of nitrogens with zero attached hydrogens (tertiary/aromatic N) is 3. The Labute approximate surface area is 123 Å². The molecular weight excluding hydrogens is 292 g/mol. The van der Waals surface area contributed by atoms with Crippen LogP contribution in [0.3, 0.4) is 0 Å². The first-order chi connectivity index (χ1) is 10.1. The van der Waals surface area contributed by atoms with E-state index in [1.165, 1.54) is 34.6 Å². The summed E-state index contributed by atoms with van der Waals surface area (Å²) in [5.74, 6) is -0.0543. The zero-order valence-electron chi connectivity index (χ0n) is 11.4. The SMILES string of the molecule is Cc1sc2ncn(CC(=O)Nc3ccon3)c(=O)c2c1C. The summed E-state index contributed by atoms with van der Waals surface area (Å²) in [6, 6.07) is 1.52. The number of aryl methyl sites for hydroxylation is 2. The summed E-state index contributed by atoms with van der Waals surface area (Å²) in [6.45, 7) is 3.71. The zero-order chi connectivity index (χ0) is 15.0. The number of aromatic nitrogens is 3. The van der Waals surface area contributed by atoms with Gasteiger partial charge in [0.15, 0.2) is 5.82 Å². The Balaban J connectivity index is 1.91. The number of amides is 1. The van der Waals surface area contributed by atoms with Crippen LogP contribution >= 0.6 is 11.3 Å². The van der Waals surface area contributed by atoms with Gasteiger partial charge in [-0.15, -0.1) is 11.3 Å². The average molecular weight is 304 g/mol. The van der Waals surface area contributed by atoms with Crippen LogP contribution in [0.2, 0.25) is 0 Å². The molecule has 0 aliphatic heterocycles. The maximum absolute atomic E-state index is 12.4. The number of anilines is 1. The lowest BCUT2D eigenvalue weighted by Crippen LogP contribution is -2.27. The summed E-state index contributed by atoms with van der Waals surface area (Å²) >= 11 is 1.48. The number of hydrogen-bond acceptors (Lipinski definition) is 6. The smallest absolute Gasteiger partial charge is 0.262 e. The van der Waals surface area contributed by atoms with Crippen molar-refractivity contribution in [3.05, 3.63) is 39.5 Å². The van der Waals surface area contributed by atoms with Crippen molar-refractivity contribution < 1.29 is 9.32 Å². The van der Waals surface area contributed by atoms with Crippen molar-refractivity contribution >= 4 is 33.3 Å². The van der Waals surface area contributed by atoms with Gasteiger partial charge in [-0.3, -0.25) is 14.2 Å². The first-order valence-corrected chi connectivity index (χ1v) is 7.03. The molecule has 0 bridgehead atoms. The van der Waals surface area contributed by atoms with Crippen LogP contribution < -0.4 is 10.9 Å². The highest BCUT2D eigenvalue weighted by molar-refractivity contribution is 7.18. The summed E-state index contributed by atoms with van der Waals surface area (Å²) in [5.41, 5.74) is 0.705. The summed E-state index contributed by atoms with van der Waals surface area (Å²) < 4.78 is 5.91. The Hall–Kier alpha value is -2.48. The molecule has 21 heavy (non-hydrogen) atoms. The highest BCUT2D eigenvalue weighted by atomic mass is 32.1. The Bertz CT molecular complexity index is 864. The number of thiophene rings is 1. The predicted molar refractivity (Wildman–Crippen MR) is 78.5 cm³/mol. The Morgan fingerprint density at radius 3 is 3.00 bits per heavy atom. The van der Waals surface area contributed by atoms with Gasteiger partial charge in [-0.25, -0.2) is 4.98 Å². The van der Waals surface area contributed by atoms with Gasteiger partial charge in [0, 0.05) is 10.9 Å². The molecule has 0 aliphatic carbocycles. The minimum absolute atomic E-state index is 0.122. The second-order valence-corrected chi connectivity index (χ2v) is 5.78. The first kappa shape index (κ1) is 13.5. The number of nitrogens with one attached hydrogen (secondary N) is 1. The largest absolute Gasteiger partial charge is 0.363 e.